The molecule has 2 aromatic rings. The summed E-state index contributed by atoms with van der Waals surface area (Å²) in [5, 5.41) is 1.20. The fourth-order valence-corrected chi connectivity index (χ4v) is 1.65. The first-order valence-electron chi connectivity index (χ1n) is 4.78. The van der Waals surface area contributed by atoms with E-state index < -0.39 is 0 Å². The van der Waals surface area contributed by atoms with Gasteiger partial charge in [0.2, 0.25) is 0 Å². The summed E-state index contributed by atoms with van der Waals surface area (Å²) in [6, 6.07) is 4.12. The van der Waals surface area contributed by atoms with E-state index in [2.05, 4.69) is 36.8 Å². The summed E-state index contributed by atoms with van der Waals surface area (Å²) < 4.78 is 0. The van der Waals surface area contributed by atoms with Crippen molar-refractivity contribution in [3.8, 4) is 0 Å². The summed E-state index contributed by atoms with van der Waals surface area (Å²) in [7, 11) is 0. The van der Waals surface area contributed by atoms with Crippen molar-refractivity contribution < 1.29 is 0 Å². The number of rotatable bonds is 0. The molecular formula is C12H14N2. The third-order valence-corrected chi connectivity index (χ3v) is 2.35. The normalized spacial score (nSPS) is 11.9. The van der Waals surface area contributed by atoms with Crippen molar-refractivity contribution in [2.24, 2.45) is 0 Å². The number of hydrogen-bond donors (Lipinski definition) is 0. The van der Waals surface area contributed by atoms with Crippen LogP contribution in [0.5, 0.6) is 0 Å². The molecule has 2 aromatic heterocycles. The highest BCUT2D eigenvalue weighted by Crippen LogP contribution is 2.27. The van der Waals surface area contributed by atoms with Crippen molar-refractivity contribution in [2.45, 2.75) is 26.2 Å². The molecule has 0 atom stereocenters. The van der Waals surface area contributed by atoms with Crippen LogP contribution in [0.1, 0.15) is 26.3 Å². The number of pyridine rings is 2. The molecule has 2 nitrogen and oxygen atoms in total. The average molecular weight is 186 g/mol. The molecule has 0 saturated heterocycles. The van der Waals surface area contributed by atoms with Crippen molar-refractivity contribution in [3.05, 3.63) is 36.3 Å². The maximum absolute atomic E-state index is 4.29. The molecule has 0 spiro atoms. The van der Waals surface area contributed by atoms with Crippen molar-refractivity contribution >= 4 is 10.9 Å². The van der Waals surface area contributed by atoms with Gasteiger partial charge in [0.15, 0.2) is 0 Å². The van der Waals surface area contributed by atoms with E-state index in [0.29, 0.717) is 0 Å². The first kappa shape index (κ1) is 9.13. The third-order valence-electron chi connectivity index (χ3n) is 2.35. The minimum atomic E-state index is 0.155. The molecule has 0 bridgehead atoms. The zero-order valence-electron chi connectivity index (χ0n) is 8.78. The molecule has 0 aliphatic carbocycles. The Morgan fingerprint density at radius 2 is 1.86 bits per heavy atom. The van der Waals surface area contributed by atoms with Crippen LogP contribution in [0, 0.1) is 0 Å². The number of fused-ring (bicyclic) bond motifs is 1. The van der Waals surface area contributed by atoms with Gasteiger partial charge in [-0.15, -0.1) is 0 Å². The van der Waals surface area contributed by atoms with Gasteiger partial charge in [-0.25, -0.2) is 0 Å². The van der Waals surface area contributed by atoms with Gasteiger partial charge in [-0.2, -0.15) is 0 Å². The van der Waals surface area contributed by atoms with Gasteiger partial charge in [-0.1, -0.05) is 20.8 Å². The molecular weight excluding hydrogens is 172 g/mol. The topological polar surface area (TPSA) is 25.8 Å². The van der Waals surface area contributed by atoms with Crippen LogP contribution in [-0.2, 0) is 5.41 Å². The maximum atomic E-state index is 4.29. The molecule has 0 aromatic carbocycles. The standard InChI is InChI=1S/C12H14N2/c1-12(2,3)10-5-7-14-11-8-13-6-4-9(10)11/h4-8H,1-3H3. The zero-order chi connectivity index (χ0) is 10.2. The average Bonchev–Trinajstić information content (AvgIpc) is 2.15. The van der Waals surface area contributed by atoms with Crippen molar-refractivity contribution in [1.29, 1.82) is 0 Å². The lowest BCUT2D eigenvalue weighted by molar-refractivity contribution is 0.595. The maximum Gasteiger partial charge on any atom is 0.0888 e. The molecule has 0 fully saturated rings. The third kappa shape index (κ3) is 1.48. The van der Waals surface area contributed by atoms with Crippen LogP contribution >= 0.6 is 0 Å². The molecule has 0 amide bonds. The highest BCUT2D eigenvalue weighted by Gasteiger charge is 2.16. The Labute approximate surface area is 84.0 Å². The minimum Gasteiger partial charge on any atom is -0.262 e. The predicted molar refractivity (Wildman–Crippen MR) is 58.2 cm³/mol. The zero-order valence-corrected chi connectivity index (χ0v) is 8.78. The molecule has 0 aliphatic heterocycles. The van der Waals surface area contributed by atoms with Crippen LogP contribution < -0.4 is 0 Å². The lowest BCUT2D eigenvalue weighted by atomic mass is 9.85. The largest absolute Gasteiger partial charge is 0.262 e. The van der Waals surface area contributed by atoms with E-state index in [4.69, 9.17) is 0 Å². The quantitative estimate of drug-likeness (QED) is 0.632. The fraction of sp³-hybridized carbons (Fsp3) is 0.333. The van der Waals surface area contributed by atoms with E-state index in [0.717, 1.165) is 5.52 Å². The molecule has 0 saturated carbocycles. The summed E-state index contributed by atoms with van der Waals surface area (Å²) >= 11 is 0. The second-order valence-corrected chi connectivity index (χ2v) is 4.50. The molecule has 0 unspecified atom stereocenters. The van der Waals surface area contributed by atoms with E-state index in [1.807, 2.05) is 24.7 Å². The van der Waals surface area contributed by atoms with Crippen molar-refractivity contribution in [2.75, 3.05) is 0 Å². The van der Waals surface area contributed by atoms with E-state index in [9.17, 15) is 0 Å². The Bertz CT molecular complexity index is 450. The Kier molecular flexibility index (Phi) is 1.99. The van der Waals surface area contributed by atoms with E-state index in [1.165, 1.54) is 10.9 Å². The Morgan fingerprint density at radius 3 is 2.57 bits per heavy atom. The lowest BCUT2D eigenvalue weighted by Gasteiger charge is -2.20. The molecule has 14 heavy (non-hydrogen) atoms. The van der Waals surface area contributed by atoms with Gasteiger partial charge < -0.3 is 0 Å². The van der Waals surface area contributed by atoms with Crippen LogP contribution in [0.25, 0.3) is 10.9 Å². The van der Waals surface area contributed by atoms with Gasteiger partial charge >= 0.3 is 0 Å². The molecule has 0 aliphatic rings. The summed E-state index contributed by atoms with van der Waals surface area (Å²) in [4.78, 5) is 8.37. The molecule has 0 radical (unpaired) electrons. The fourth-order valence-electron chi connectivity index (χ4n) is 1.65. The summed E-state index contributed by atoms with van der Waals surface area (Å²) in [5.41, 5.74) is 2.45. The molecule has 2 heteroatoms. The van der Waals surface area contributed by atoms with Gasteiger partial charge in [-0.3, -0.25) is 9.97 Å². The number of nitrogens with zero attached hydrogens (tertiary/aromatic N) is 2. The minimum absolute atomic E-state index is 0.155. The monoisotopic (exact) mass is 186 g/mol. The second kappa shape index (κ2) is 3.05. The number of aromatic nitrogens is 2. The Balaban J connectivity index is 2.78. The van der Waals surface area contributed by atoms with Gasteiger partial charge in [0.25, 0.3) is 0 Å². The first-order chi connectivity index (χ1) is 6.59. The molecule has 2 rings (SSSR count). The molecule has 2 heterocycles. The molecule has 0 N–H and O–H groups in total. The first-order valence-corrected chi connectivity index (χ1v) is 4.78. The predicted octanol–water partition coefficient (Wildman–Crippen LogP) is 2.93. The Hall–Kier alpha value is -1.44. The van der Waals surface area contributed by atoms with Crippen LogP contribution in [0.4, 0.5) is 0 Å². The van der Waals surface area contributed by atoms with Gasteiger partial charge in [0.1, 0.15) is 0 Å². The van der Waals surface area contributed by atoms with Crippen LogP contribution in [-0.4, -0.2) is 9.97 Å². The van der Waals surface area contributed by atoms with Crippen molar-refractivity contribution in [1.82, 2.24) is 9.97 Å². The second-order valence-electron chi connectivity index (χ2n) is 4.50. The van der Waals surface area contributed by atoms with Crippen LogP contribution in [0.15, 0.2) is 30.7 Å². The van der Waals surface area contributed by atoms with E-state index in [-0.39, 0.29) is 5.41 Å². The summed E-state index contributed by atoms with van der Waals surface area (Å²) in [6.45, 7) is 6.63. The number of hydrogen-bond acceptors (Lipinski definition) is 2. The highest BCUT2D eigenvalue weighted by molar-refractivity contribution is 5.81. The van der Waals surface area contributed by atoms with Gasteiger partial charge in [0, 0.05) is 17.8 Å². The van der Waals surface area contributed by atoms with Crippen LogP contribution in [0.3, 0.4) is 0 Å². The van der Waals surface area contributed by atoms with E-state index in [1.54, 1.807) is 0 Å². The highest BCUT2D eigenvalue weighted by atomic mass is 14.7. The van der Waals surface area contributed by atoms with Crippen molar-refractivity contribution in [3.63, 3.8) is 0 Å². The summed E-state index contributed by atoms with van der Waals surface area (Å²) in [6.07, 6.45) is 5.48. The van der Waals surface area contributed by atoms with Gasteiger partial charge in [-0.05, 0) is 23.1 Å². The molecule has 72 valence electrons. The van der Waals surface area contributed by atoms with Crippen LogP contribution in [0.2, 0.25) is 0 Å². The van der Waals surface area contributed by atoms with Gasteiger partial charge in [0.05, 0.1) is 11.7 Å². The SMILES string of the molecule is CC(C)(C)c1ccnc2cnccc12. The Morgan fingerprint density at radius 1 is 1.07 bits per heavy atom. The lowest BCUT2D eigenvalue weighted by Crippen LogP contribution is -2.11. The smallest absolute Gasteiger partial charge is 0.0888 e. The van der Waals surface area contributed by atoms with E-state index >= 15 is 0 Å². The summed E-state index contributed by atoms with van der Waals surface area (Å²) in [5.74, 6) is 0.